The lowest BCUT2D eigenvalue weighted by Crippen LogP contribution is -2.50. The summed E-state index contributed by atoms with van der Waals surface area (Å²) in [7, 11) is 0. The molecular weight excluding hydrogens is 320 g/mol. The van der Waals surface area contributed by atoms with Crippen LogP contribution in [0, 0.1) is 0 Å². The highest BCUT2D eigenvalue weighted by Gasteiger charge is 2.43. The van der Waals surface area contributed by atoms with Crippen LogP contribution in [0.5, 0.6) is 0 Å². The van der Waals surface area contributed by atoms with E-state index in [1.165, 1.54) is 10.4 Å². The first-order valence-electron chi connectivity index (χ1n) is 8.73. The maximum absolute atomic E-state index is 10.4. The fourth-order valence-electron chi connectivity index (χ4n) is 4.01. The highest BCUT2D eigenvalue weighted by atomic mass is 32.1. The summed E-state index contributed by atoms with van der Waals surface area (Å²) in [5, 5.41) is 10.4. The summed E-state index contributed by atoms with van der Waals surface area (Å²) >= 11 is 1.72. The van der Waals surface area contributed by atoms with Crippen molar-refractivity contribution in [2.45, 2.75) is 50.0 Å². The molecule has 24 heavy (non-hydrogen) atoms. The molecule has 0 amide bonds. The second-order valence-corrected chi connectivity index (χ2v) is 8.01. The summed E-state index contributed by atoms with van der Waals surface area (Å²) in [6.07, 6.45) is 5.17. The third-order valence-electron chi connectivity index (χ3n) is 5.29. The Morgan fingerprint density at radius 2 is 2.04 bits per heavy atom. The van der Waals surface area contributed by atoms with Crippen molar-refractivity contribution in [2.75, 3.05) is 13.1 Å². The van der Waals surface area contributed by atoms with Crippen LogP contribution in [0.3, 0.4) is 0 Å². The molecule has 2 aromatic rings. The summed E-state index contributed by atoms with van der Waals surface area (Å²) in [6.45, 7) is 3.02. The average Bonchev–Trinajstić information content (AvgIpc) is 3.10. The van der Waals surface area contributed by atoms with Gasteiger partial charge in [0.2, 0.25) is 0 Å². The van der Waals surface area contributed by atoms with Crippen LogP contribution >= 0.6 is 11.3 Å². The largest absolute Gasteiger partial charge is 0.393 e. The minimum absolute atomic E-state index is 0.0167. The Labute approximate surface area is 147 Å². The van der Waals surface area contributed by atoms with E-state index in [1.807, 2.05) is 29.9 Å². The third-order valence-corrected chi connectivity index (χ3v) is 6.05. The van der Waals surface area contributed by atoms with Gasteiger partial charge in [-0.25, -0.2) is 0 Å². The van der Waals surface area contributed by atoms with Crippen molar-refractivity contribution in [3.63, 3.8) is 0 Å². The Balaban J connectivity index is 1.41. The Bertz CT molecular complexity index is 639. The standard InChI is InChI=1S/C19H24N2O2S/c22-16-10-18(15-4-2-1-3-5-15)23-19(11-16)6-8-21(9-7-19)13-17-12-20-14-24-17/h1-5,12,14,16,18,22H,6-11,13H2/t16-,18-/m1/s1. The van der Waals surface area contributed by atoms with E-state index in [1.54, 1.807) is 11.3 Å². The van der Waals surface area contributed by atoms with Crippen molar-refractivity contribution in [1.29, 1.82) is 0 Å². The highest BCUT2D eigenvalue weighted by molar-refractivity contribution is 7.09. The van der Waals surface area contributed by atoms with E-state index in [2.05, 4.69) is 22.0 Å². The van der Waals surface area contributed by atoms with E-state index in [-0.39, 0.29) is 17.8 Å². The van der Waals surface area contributed by atoms with Gasteiger partial charge in [0.1, 0.15) is 0 Å². The Kier molecular flexibility index (Phi) is 4.68. The van der Waals surface area contributed by atoms with Crippen molar-refractivity contribution in [3.05, 3.63) is 52.5 Å². The van der Waals surface area contributed by atoms with E-state index >= 15 is 0 Å². The van der Waals surface area contributed by atoms with Crippen molar-refractivity contribution in [2.24, 2.45) is 0 Å². The molecule has 0 bridgehead atoms. The van der Waals surface area contributed by atoms with Gasteiger partial charge >= 0.3 is 0 Å². The van der Waals surface area contributed by atoms with E-state index < -0.39 is 0 Å². The lowest BCUT2D eigenvalue weighted by Gasteiger charge is -2.48. The Hall–Kier alpha value is -1.27. The first-order chi connectivity index (χ1) is 11.7. The van der Waals surface area contributed by atoms with Crippen molar-refractivity contribution in [3.8, 4) is 0 Å². The van der Waals surface area contributed by atoms with Crippen molar-refractivity contribution in [1.82, 2.24) is 9.88 Å². The molecule has 2 aliphatic rings. The van der Waals surface area contributed by atoms with Gasteiger partial charge < -0.3 is 9.84 Å². The fraction of sp³-hybridized carbons (Fsp3) is 0.526. The zero-order chi connectivity index (χ0) is 16.4. The average molecular weight is 344 g/mol. The molecule has 2 saturated heterocycles. The van der Waals surface area contributed by atoms with Gasteiger partial charge in [0.25, 0.3) is 0 Å². The van der Waals surface area contributed by atoms with Gasteiger partial charge in [0.15, 0.2) is 0 Å². The molecule has 2 aliphatic heterocycles. The molecule has 3 heterocycles. The summed E-state index contributed by atoms with van der Waals surface area (Å²) < 4.78 is 6.56. The zero-order valence-corrected chi connectivity index (χ0v) is 14.6. The number of aliphatic hydroxyl groups excluding tert-OH is 1. The predicted molar refractivity (Wildman–Crippen MR) is 94.9 cm³/mol. The Morgan fingerprint density at radius 1 is 1.25 bits per heavy atom. The molecule has 0 aliphatic carbocycles. The van der Waals surface area contributed by atoms with Crippen LogP contribution in [0.1, 0.15) is 42.2 Å². The number of ether oxygens (including phenoxy) is 1. The first kappa shape index (κ1) is 16.2. The number of benzene rings is 1. The molecule has 4 rings (SSSR count). The maximum Gasteiger partial charge on any atom is 0.0857 e. The molecule has 0 unspecified atom stereocenters. The van der Waals surface area contributed by atoms with Crippen LogP contribution in [0.4, 0.5) is 0 Å². The molecule has 128 valence electrons. The van der Waals surface area contributed by atoms with E-state index in [4.69, 9.17) is 4.74 Å². The molecule has 4 nitrogen and oxygen atoms in total. The van der Waals surface area contributed by atoms with Gasteiger partial charge in [0.05, 0.1) is 23.3 Å². The molecule has 1 N–H and O–H groups in total. The molecule has 2 fully saturated rings. The van der Waals surface area contributed by atoms with Gasteiger partial charge in [-0.3, -0.25) is 9.88 Å². The maximum atomic E-state index is 10.4. The van der Waals surface area contributed by atoms with Crippen LogP contribution in [0.25, 0.3) is 0 Å². The van der Waals surface area contributed by atoms with Crippen LogP contribution in [-0.2, 0) is 11.3 Å². The zero-order valence-electron chi connectivity index (χ0n) is 13.8. The smallest absolute Gasteiger partial charge is 0.0857 e. The van der Waals surface area contributed by atoms with E-state index in [0.717, 1.165) is 38.9 Å². The topological polar surface area (TPSA) is 45.6 Å². The normalized spacial score (nSPS) is 27.4. The molecule has 0 saturated carbocycles. The lowest BCUT2D eigenvalue weighted by molar-refractivity contribution is -0.184. The fourth-order valence-corrected chi connectivity index (χ4v) is 4.65. The van der Waals surface area contributed by atoms with Crippen molar-refractivity contribution >= 4 is 11.3 Å². The number of aromatic nitrogens is 1. The number of hydrogen-bond acceptors (Lipinski definition) is 5. The van der Waals surface area contributed by atoms with Gasteiger partial charge in [-0.05, 0) is 18.4 Å². The summed E-state index contributed by atoms with van der Waals surface area (Å²) in [4.78, 5) is 7.95. The summed E-state index contributed by atoms with van der Waals surface area (Å²) in [5.74, 6) is 0. The quantitative estimate of drug-likeness (QED) is 0.927. The van der Waals surface area contributed by atoms with Crippen molar-refractivity contribution < 1.29 is 9.84 Å². The number of nitrogens with zero attached hydrogens (tertiary/aromatic N) is 2. The molecule has 1 aromatic carbocycles. The second-order valence-electron chi connectivity index (χ2n) is 7.04. The minimum atomic E-state index is -0.267. The van der Waals surface area contributed by atoms with E-state index in [9.17, 15) is 5.11 Å². The number of aliphatic hydroxyl groups is 1. The van der Waals surface area contributed by atoms with Gasteiger partial charge in [-0.2, -0.15) is 0 Å². The molecule has 1 spiro atoms. The molecule has 2 atom stereocenters. The number of hydrogen-bond donors (Lipinski definition) is 1. The van der Waals surface area contributed by atoms with E-state index in [0.29, 0.717) is 6.42 Å². The molecule has 1 aromatic heterocycles. The first-order valence-corrected chi connectivity index (χ1v) is 9.61. The monoisotopic (exact) mass is 344 g/mol. The highest BCUT2D eigenvalue weighted by Crippen LogP contribution is 2.43. The minimum Gasteiger partial charge on any atom is -0.393 e. The number of thiazole rings is 1. The van der Waals surface area contributed by atoms with Gasteiger partial charge in [-0.15, -0.1) is 11.3 Å². The molecule has 0 radical (unpaired) electrons. The second kappa shape index (κ2) is 6.92. The Morgan fingerprint density at radius 3 is 2.75 bits per heavy atom. The van der Waals surface area contributed by atoms with Gasteiger partial charge in [0, 0.05) is 43.5 Å². The third kappa shape index (κ3) is 3.54. The van der Waals surface area contributed by atoms with Gasteiger partial charge in [-0.1, -0.05) is 30.3 Å². The predicted octanol–water partition coefficient (Wildman–Crippen LogP) is 3.39. The van der Waals surface area contributed by atoms with Crippen LogP contribution in [0.2, 0.25) is 0 Å². The molecular formula is C19H24N2O2S. The van der Waals surface area contributed by atoms with Crippen LogP contribution < -0.4 is 0 Å². The number of likely N-dealkylation sites (tertiary alicyclic amines) is 1. The SMILES string of the molecule is O[C@@H]1C[C@H](c2ccccc2)OC2(CCN(Cc3cncs3)CC2)C1. The summed E-state index contributed by atoms with van der Waals surface area (Å²) in [6, 6.07) is 10.3. The van der Waals surface area contributed by atoms with Crippen LogP contribution in [0.15, 0.2) is 42.0 Å². The number of rotatable bonds is 3. The lowest BCUT2D eigenvalue weighted by atomic mass is 9.81. The summed E-state index contributed by atoms with van der Waals surface area (Å²) in [5.41, 5.74) is 2.91. The number of piperidine rings is 1. The molecule has 5 heteroatoms. The van der Waals surface area contributed by atoms with Crippen LogP contribution in [-0.4, -0.2) is 39.8 Å².